The molecule has 0 bridgehead atoms. The monoisotopic (exact) mass is 388 g/mol. The van der Waals surface area contributed by atoms with Gasteiger partial charge >= 0.3 is 5.69 Å². The summed E-state index contributed by atoms with van der Waals surface area (Å²) in [5.41, 5.74) is 5.45. The first kappa shape index (κ1) is 17.3. The van der Waals surface area contributed by atoms with Crippen LogP contribution < -0.4 is 21.9 Å². The van der Waals surface area contributed by atoms with E-state index in [0.717, 1.165) is 16.7 Å². The fraction of sp³-hybridized carbons (Fsp3) is 0.294. The zero-order valence-corrected chi connectivity index (χ0v) is 15.3. The van der Waals surface area contributed by atoms with E-state index in [9.17, 15) is 14.4 Å². The lowest BCUT2D eigenvalue weighted by Crippen LogP contribution is -2.42. The van der Waals surface area contributed by atoms with Crippen molar-refractivity contribution in [1.29, 1.82) is 0 Å². The number of imidazole rings is 1. The molecule has 10 heteroatoms. The lowest BCUT2D eigenvalue weighted by molar-refractivity contribution is -0.118. The van der Waals surface area contributed by atoms with E-state index in [1.54, 1.807) is 16.7 Å². The molecule has 0 saturated carbocycles. The molecule has 0 radical (unpaired) electrons. The van der Waals surface area contributed by atoms with Gasteiger partial charge in [-0.15, -0.1) is 0 Å². The molecule has 0 atom stereocenters. The van der Waals surface area contributed by atoms with E-state index in [4.69, 9.17) is 17.3 Å². The number of hydrogen-bond acceptors (Lipinski definition) is 5. The van der Waals surface area contributed by atoms with E-state index < -0.39 is 23.7 Å². The second kappa shape index (κ2) is 6.27. The fourth-order valence-electron chi connectivity index (χ4n) is 3.43. The highest BCUT2D eigenvalue weighted by atomic mass is 35.5. The summed E-state index contributed by atoms with van der Waals surface area (Å²) in [6.07, 6.45) is 0.791. The van der Waals surface area contributed by atoms with Crippen molar-refractivity contribution in [2.24, 2.45) is 12.8 Å². The molecule has 9 nitrogen and oxygen atoms in total. The molecule has 1 aliphatic heterocycles. The number of halogens is 1. The number of primary amides is 1. The standard InChI is InChI=1S/C17H17ClN6O3/c1-21-14-13(15(26)24(17(21)27)9-12(19)25)23-8-2-7-22(16(23)20-14)11-5-3-10(18)4-6-11/h3-6H,2,7-9H2,1H3,(H2,19,25). The van der Waals surface area contributed by atoms with Gasteiger partial charge in [-0.3, -0.25) is 14.2 Å². The molecule has 0 spiro atoms. The molecular weight excluding hydrogens is 372 g/mol. The summed E-state index contributed by atoms with van der Waals surface area (Å²) in [5, 5.41) is 0.626. The number of anilines is 2. The van der Waals surface area contributed by atoms with Gasteiger partial charge in [0.15, 0.2) is 11.2 Å². The van der Waals surface area contributed by atoms with Crippen LogP contribution in [0.25, 0.3) is 11.2 Å². The van der Waals surface area contributed by atoms with E-state index >= 15 is 0 Å². The van der Waals surface area contributed by atoms with Crippen LogP contribution in [0.15, 0.2) is 33.9 Å². The lowest BCUT2D eigenvalue weighted by atomic mass is 10.2. The second-order valence-corrected chi connectivity index (χ2v) is 6.85. The number of fused-ring (bicyclic) bond motifs is 3. The summed E-state index contributed by atoms with van der Waals surface area (Å²) >= 11 is 5.97. The summed E-state index contributed by atoms with van der Waals surface area (Å²) in [4.78, 5) is 43.2. The predicted molar refractivity (Wildman–Crippen MR) is 102 cm³/mol. The molecular formula is C17H17ClN6O3. The van der Waals surface area contributed by atoms with E-state index in [0.29, 0.717) is 24.1 Å². The van der Waals surface area contributed by atoms with Crippen molar-refractivity contribution in [2.45, 2.75) is 19.5 Å². The first-order chi connectivity index (χ1) is 12.9. The zero-order chi connectivity index (χ0) is 19.3. The number of amides is 1. The number of carbonyl (C=O) groups is 1. The number of nitrogens with zero attached hydrogens (tertiary/aromatic N) is 5. The van der Waals surface area contributed by atoms with Gasteiger partial charge in [0.2, 0.25) is 11.9 Å². The quantitative estimate of drug-likeness (QED) is 0.706. The lowest BCUT2D eigenvalue weighted by Gasteiger charge is -2.29. The molecule has 140 valence electrons. The third kappa shape index (κ3) is 2.71. The maximum atomic E-state index is 12.9. The van der Waals surface area contributed by atoms with Crippen LogP contribution in [-0.4, -0.2) is 31.1 Å². The predicted octanol–water partition coefficient (Wildman–Crippen LogP) is 0.577. The van der Waals surface area contributed by atoms with Crippen molar-refractivity contribution >= 4 is 40.3 Å². The Morgan fingerprint density at radius 1 is 1.22 bits per heavy atom. The van der Waals surface area contributed by atoms with Crippen LogP contribution in [0.3, 0.4) is 0 Å². The van der Waals surface area contributed by atoms with Gasteiger partial charge in [-0.1, -0.05) is 11.6 Å². The highest BCUT2D eigenvalue weighted by Gasteiger charge is 2.27. The molecule has 3 aromatic rings. The van der Waals surface area contributed by atoms with Gasteiger partial charge in [0.25, 0.3) is 5.56 Å². The van der Waals surface area contributed by atoms with E-state index in [1.165, 1.54) is 11.6 Å². The van der Waals surface area contributed by atoms with E-state index in [2.05, 4.69) is 4.98 Å². The number of aryl methyl sites for hydroxylation is 2. The molecule has 1 aliphatic rings. The van der Waals surface area contributed by atoms with E-state index in [1.807, 2.05) is 17.0 Å². The van der Waals surface area contributed by atoms with Crippen molar-refractivity contribution in [2.75, 3.05) is 11.4 Å². The van der Waals surface area contributed by atoms with E-state index in [-0.39, 0.29) is 11.2 Å². The summed E-state index contributed by atoms with van der Waals surface area (Å²) in [6, 6.07) is 7.33. The Bertz CT molecular complexity index is 1170. The molecule has 0 unspecified atom stereocenters. The molecule has 3 heterocycles. The molecule has 0 aliphatic carbocycles. The average Bonchev–Trinajstić information content (AvgIpc) is 3.04. The van der Waals surface area contributed by atoms with Gasteiger partial charge in [0.05, 0.1) is 0 Å². The Morgan fingerprint density at radius 2 is 1.93 bits per heavy atom. The Labute approximate surface area is 158 Å². The highest BCUT2D eigenvalue weighted by Crippen LogP contribution is 2.31. The van der Waals surface area contributed by atoms with Crippen LogP contribution in [-0.2, 0) is 24.9 Å². The van der Waals surface area contributed by atoms with Gasteiger partial charge in [0, 0.05) is 30.8 Å². The Morgan fingerprint density at radius 3 is 2.59 bits per heavy atom. The minimum atomic E-state index is -0.755. The van der Waals surface area contributed by atoms with Crippen molar-refractivity contribution in [3.05, 3.63) is 50.1 Å². The molecule has 0 saturated heterocycles. The molecule has 0 fully saturated rings. The van der Waals surface area contributed by atoms with Crippen LogP contribution in [0.2, 0.25) is 5.02 Å². The van der Waals surface area contributed by atoms with Crippen LogP contribution in [0.4, 0.5) is 11.6 Å². The highest BCUT2D eigenvalue weighted by molar-refractivity contribution is 6.30. The minimum absolute atomic E-state index is 0.279. The first-order valence-electron chi connectivity index (χ1n) is 8.40. The molecule has 2 N–H and O–H groups in total. The summed E-state index contributed by atoms with van der Waals surface area (Å²) < 4.78 is 3.90. The van der Waals surface area contributed by atoms with Gasteiger partial charge in [-0.05, 0) is 30.7 Å². The fourth-order valence-corrected chi connectivity index (χ4v) is 3.55. The topological polar surface area (TPSA) is 108 Å². The van der Waals surface area contributed by atoms with Gasteiger partial charge in [-0.25, -0.2) is 9.36 Å². The smallest absolute Gasteiger partial charge is 0.332 e. The van der Waals surface area contributed by atoms with Gasteiger partial charge in [-0.2, -0.15) is 4.98 Å². The number of benzene rings is 1. The molecule has 1 amide bonds. The third-order valence-electron chi connectivity index (χ3n) is 4.67. The zero-order valence-electron chi connectivity index (χ0n) is 14.6. The van der Waals surface area contributed by atoms with Crippen LogP contribution in [0.5, 0.6) is 0 Å². The van der Waals surface area contributed by atoms with Crippen LogP contribution >= 0.6 is 11.6 Å². The maximum Gasteiger partial charge on any atom is 0.332 e. The number of carbonyl (C=O) groups excluding carboxylic acids is 1. The number of nitrogens with two attached hydrogens (primary N) is 1. The molecule has 2 aromatic heterocycles. The normalized spacial score (nSPS) is 13.8. The van der Waals surface area contributed by atoms with Crippen molar-refractivity contribution < 1.29 is 4.79 Å². The largest absolute Gasteiger partial charge is 0.368 e. The summed E-state index contributed by atoms with van der Waals surface area (Å²) in [5.74, 6) is -0.183. The van der Waals surface area contributed by atoms with Gasteiger partial charge in [0.1, 0.15) is 6.54 Å². The van der Waals surface area contributed by atoms with Crippen molar-refractivity contribution in [1.82, 2.24) is 18.7 Å². The Balaban J connectivity index is 1.98. The first-order valence-corrected chi connectivity index (χ1v) is 8.77. The Hall–Kier alpha value is -3.07. The summed E-state index contributed by atoms with van der Waals surface area (Å²) in [6.45, 7) is 0.831. The summed E-state index contributed by atoms with van der Waals surface area (Å²) in [7, 11) is 1.52. The maximum absolute atomic E-state index is 12.9. The number of aromatic nitrogens is 4. The molecule has 4 rings (SSSR count). The molecule has 27 heavy (non-hydrogen) atoms. The van der Waals surface area contributed by atoms with Crippen molar-refractivity contribution in [3.8, 4) is 0 Å². The van der Waals surface area contributed by atoms with Crippen LogP contribution in [0, 0.1) is 0 Å². The van der Waals surface area contributed by atoms with Crippen molar-refractivity contribution in [3.63, 3.8) is 0 Å². The van der Waals surface area contributed by atoms with Gasteiger partial charge < -0.3 is 15.2 Å². The third-order valence-corrected chi connectivity index (χ3v) is 4.92. The molecule has 1 aromatic carbocycles. The second-order valence-electron chi connectivity index (χ2n) is 6.42. The average molecular weight is 389 g/mol. The Kier molecular flexibility index (Phi) is 4.03. The number of rotatable bonds is 3. The van der Waals surface area contributed by atoms with Crippen LogP contribution in [0.1, 0.15) is 6.42 Å². The SMILES string of the molecule is Cn1c(=O)n(CC(N)=O)c(=O)c2c1nc1n2CCCN1c1ccc(Cl)cc1. The number of hydrogen-bond donors (Lipinski definition) is 1. The minimum Gasteiger partial charge on any atom is -0.368 e.